The lowest BCUT2D eigenvalue weighted by Crippen LogP contribution is -2.56. The van der Waals surface area contributed by atoms with E-state index < -0.39 is 0 Å². The number of nitrogens with one attached hydrogen (secondary N) is 1. The molecule has 1 aliphatic rings. The molecule has 21 heavy (non-hydrogen) atoms. The lowest BCUT2D eigenvalue weighted by molar-refractivity contribution is -0.168. The highest BCUT2D eigenvalue weighted by atomic mass is 16.5. The highest BCUT2D eigenvalue weighted by molar-refractivity contribution is 5.79. The number of aromatic nitrogens is 2. The number of amides is 1. The Morgan fingerprint density at radius 2 is 2.24 bits per heavy atom. The molecule has 6 heteroatoms. The van der Waals surface area contributed by atoms with Crippen molar-refractivity contribution in [3.05, 3.63) is 17.0 Å². The molecule has 1 saturated heterocycles. The van der Waals surface area contributed by atoms with E-state index in [4.69, 9.17) is 9.47 Å². The third-order valence-corrected chi connectivity index (χ3v) is 3.80. The van der Waals surface area contributed by atoms with Crippen LogP contribution in [0.25, 0.3) is 0 Å². The van der Waals surface area contributed by atoms with Gasteiger partial charge in [-0.3, -0.25) is 9.89 Å². The van der Waals surface area contributed by atoms with Crippen LogP contribution in [-0.4, -0.2) is 59.5 Å². The molecule has 2 rings (SSSR count). The fourth-order valence-corrected chi connectivity index (χ4v) is 2.86. The molecule has 0 saturated carbocycles. The van der Waals surface area contributed by atoms with Gasteiger partial charge in [0.1, 0.15) is 0 Å². The number of hydrogen-bond donors (Lipinski definition) is 1. The lowest BCUT2D eigenvalue weighted by atomic mass is 10.0. The number of nitrogens with zero attached hydrogens (tertiary/aromatic N) is 2. The summed E-state index contributed by atoms with van der Waals surface area (Å²) in [6.07, 6.45) is 0.304. The van der Waals surface area contributed by atoms with Crippen LogP contribution in [0.15, 0.2) is 0 Å². The summed E-state index contributed by atoms with van der Waals surface area (Å²) in [5.74, 6) is 0.111. The van der Waals surface area contributed by atoms with Gasteiger partial charge in [0.25, 0.3) is 0 Å². The third kappa shape index (κ3) is 3.83. The van der Waals surface area contributed by atoms with E-state index >= 15 is 0 Å². The Morgan fingerprint density at radius 1 is 1.52 bits per heavy atom. The Hall–Kier alpha value is -1.40. The highest BCUT2D eigenvalue weighted by Gasteiger charge is 2.35. The lowest BCUT2D eigenvalue weighted by Gasteiger charge is -2.42. The van der Waals surface area contributed by atoms with E-state index in [-0.39, 0.29) is 17.6 Å². The molecule has 1 amide bonds. The van der Waals surface area contributed by atoms with E-state index in [0.717, 1.165) is 17.0 Å². The normalized spacial score (nSPS) is 21.6. The number of ether oxygens (including phenoxy) is 2. The van der Waals surface area contributed by atoms with Crippen LogP contribution in [-0.2, 0) is 20.7 Å². The second kappa shape index (κ2) is 6.15. The molecule has 1 aliphatic heterocycles. The molecule has 0 unspecified atom stereocenters. The van der Waals surface area contributed by atoms with Crippen LogP contribution in [0.3, 0.4) is 0 Å². The first kappa shape index (κ1) is 16.0. The Labute approximate surface area is 125 Å². The summed E-state index contributed by atoms with van der Waals surface area (Å²) in [6.45, 7) is 9.54. The molecule has 1 atom stereocenters. The molecule has 0 spiro atoms. The first-order chi connectivity index (χ1) is 9.82. The van der Waals surface area contributed by atoms with Crippen LogP contribution in [0, 0.1) is 13.8 Å². The van der Waals surface area contributed by atoms with Gasteiger partial charge in [-0.2, -0.15) is 5.10 Å². The molecular weight excluding hydrogens is 270 g/mol. The zero-order valence-electron chi connectivity index (χ0n) is 13.5. The summed E-state index contributed by atoms with van der Waals surface area (Å²) in [5.41, 5.74) is 2.49. The quantitative estimate of drug-likeness (QED) is 0.907. The van der Waals surface area contributed by atoms with E-state index in [1.807, 2.05) is 32.6 Å². The van der Waals surface area contributed by atoms with E-state index in [2.05, 4.69) is 10.2 Å². The SMILES string of the molecule is COC[C@H]1CN(C(=O)Cc2c(C)n[nH]c2C)CC(C)(C)O1. The fraction of sp³-hybridized carbons (Fsp3) is 0.733. The molecule has 0 radical (unpaired) electrons. The van der Waals surface area contributed by atoms with Crippen molar-refractivity contribution in [3.63, 3.8) is 0 Å². The predicted molar refractivity (Wildman–Crippen MR) is 79.2 cm³/mol. The second-order valence-corrected chi connectivity index (χ2v) is 6.32. The zero-order valence-corrected chi connectivity index (χ0v) is 13.5. The molecular formula is C15H25N3O3. The molecule has 0 aromatic carbocycles. The summed E-state index contributed by atoms with van der Waals surface area (Å²) in [4.78, 5) is 14.5. The van der Waals surface area contributed by atoms with Crippen LogP contribution in [0.2, 0.25) is 0 Å². The summed E-state index contributed by atoms with van der Waals surface area (Å²) in [6, 6.07) is 0. The van der Waals surface area contributed by atoms with Gasteiger partial charge in [-0.15, -0.1) is 0 Å². The second-order valence-electron chi connectivity index (χ2n) is 6.32. The highest BCUT2D eigenvalue weighted by Crippen LogP contribution is 2.22. The van der Waals surface area contributed by atoms with Gasteiger partial charge in [0.05, 0.1) is 30.4 Å². The number of H-pyrrole nitrogens is 1. The minimum absolute atomic E-state index is 0.0748. The maximum Gasteiger partial charge on any atom is 0.227 e. The number of methoxy groups -OCH3 is 1. The summed E-state index contributed by atoms with van der Waals surface area (Å²) < 4.78 is 11.1. The Kier molecular flexibility index (Phi) is 4.68. The van der Waals surface area contributed by atoms with Gasteiger partial charge < -0.3 is 14.4 Å². The molecule has 118 valence electrons. The van der Waals surface area contributed by atoms with Crippen LogP contribution < -0.4 is 0 Å². The molecule has 0 aliphatic carbocycles. The number of carbonyl (C=O) groups excluding carboxylic acids is 1. The van der Waals surface area contributed by atoms with E-state index in [9.17, 15) is 4.79 Å². The Balaban J connectivity index is 2.07. The number of carbonyl (C=O) groups is 1. The van der Waals surface area contributed by atoms with Gasteiger partial charge in [-0.1, -0.05) is 0 Å². The van der Waals surface area contributed by atoms with Crippen molar-refractivity contribution in [2.45, 2.75) is 45.8 Å². The molecule has 1 aromatic heterocycles. The number of rotatable bonds is 4. The standard InChI is InChI=1S/C15H25N3O3/c1-10-13(11(2)17-16-10)6-14(19)18-7-12(8-20-5)21-15(3,4)9-18/h12H,6-9H2,1-5H3,(H,16,17)/t12-/m1/s1. The van der Waals surface area contributed by atoms with Gasteiger partial charge >= 0.3 is 0 Å². The number of morpholine rings is 1. The predicted octanol–water partition coefficient (Wildman–Crippen LogP) is 1.22. The van der Waals surface area contributed by atoms with E-state index in [0.29, 0.717) is 26.1 Å². The van der Waals surface area contributed by atoms with Crippen molar-refractivity contribution in [2.75, 3.05) is 26.8 Å². The summed E-state index contributed by atoms with van der Waals surface area (Å²) in [7, 11) is 1.65. The van der Waals surface area contributed by atoms with Gasteiger partial charge in [-0.25, -0.2) is 0 Å². The maximum absolute atomic E-state index is 12.6. The maximum atomic E-state index is 12.6. The topological polar surface area (TPSA) is 67.5 Å². The first-order valence-electron chi connectivity index (χ1n) is 7.27. The minimum Gasteiger partial charge on any atom is -0.382 e. The van der Waals surface area contributed by atoms with Crippen molar-refractivity contribution in [1.29, 1.82) is 0 Å². The van der Waals surface area contributed by atoms with Crippen molar-refractivity contribution in [2.24, 2.45) is 0 Å². The average Bonchev–Trinajstić information content (AvgIpc) is 2.69. The van der Waals surface area contributed by atoms with Crippen LogP contribution >= 0.6 is 0 Å². The Bertz CT molecular complexity index is 491. The molecule has 1 fully saturated rings. The van der Waals surface area contributed by atoms with Crippen LogP contribution in [0.5, 0.6) is 0 Å². The number of aromatic amines is 1. The van der Waals surface area contributed by atoms with Gasteiger partial charge in [0.15, 0.2) is 0 Å². The van der Waals surface area contributed by atoms with Crippen molar-refractivity contribution in [1.82, 2.24) is 15.1 Å². The van der Waals surface area contributed by atoms with Gasteiger partial charge in [0.2, 0.25) is 5.91 Å². The van der Waals surface area contributed by atoms with Crippen molar-refractivity contribution in [3.8, 4) is 0 Å². The van der Waals surface area contributed by atoms with Gasteiger partial charge in [-0.05, 0) is 27.7 Å². The first-order valence-corrected chi connectivity index (χ1v) is 7.27. The summed E-state index contributed by atoms with van der Waals surface area (Å²) >= 11 is 0. The van der Waals surface area contributed by atoms with Crippen LogP contribution in [0.4, 0.5) is 0 Å². The fourth-order valence-electron chi connectivity index (χ4n) is 2.86. The molecule has 1 aromatic rings. The smallest absolute Gasteiger partial charge is 0.227 e. The molecule has 0 bridgehead atoms. The molecule has 2 heterocycles. The average molecular weight is 295 g/mol. The monoisotopic (exact) mass is 295 g/mol. The largest absolute Gasteiger partial charge is 0.382 e. The van der Waals surface area contributed by atoms with Crippen molar-refractivity contribution >= 4 is 5.91 Å². The molecule has 6 nitrogen and oxygen atoms in total. The van der Waals surface area contributed by atoms with Gasteiger partial charge in [0, 0.05) is 31.5 Å². The van der Waals surface area contributed by atoms with E-state index in [1.54, 1.807) is 7.11 Å². The minimum atomic E-state index is -0.350. The van der Waals surface area contributed by atoms with Crippen molar-refractivity contribution < 1.29 is 14.3 Å². The third-order valence-electron chi connectivity index (χ3n) is 3.80. The summed E-state index contributed by atoms with van der Waals surface area (Å²) in [5, 5.41) is 7.07. The molecule has 1 N–H and O–H groups in total. The number of aryl methyl sites for hydroxylation is 2. The van der Waals surface area contributed by atoms with E-state index in [1.165, 1.54) is 0 Å². The Morgan fingerprint density at radius 3 is 2.81 bits per heavy atom. The number of hydrogen-bond acceptors (Lipinski definition) is 4. The van der Waals surface area contributed by atoms with Crippen LogP contribution in [0.1, 0.15) is 30.8 Å². The zero-order chi connectivity index (χ0) is 15.6.